The van der Waals surface area contributed by atoms with E-state index in [-0.39, 0.29) is 23.6 Å². The van der Waals surface area contributed by atoms with E-state index in [2.05, 4.69) is 0 Å². The predicted octanol–water partition coefficient (Wildman–Crippen LogP) is 4.83. The first-order chi connectivity index (χ1) is 12.0. The molecule has 1 atom stereocenters. The molecule has 0 bridgehead atoms. The second-order valence-corrected chi connectivity index (χ2v) is 6.80. The average molecular weight is 343 g/mol. The molecule has 0 N–H and O–H groups in total. The second kappa shape index (κ2) is 6.14. The molecular weight excluding hydrogens is 324 g/mol. The SMILES string of the molecule is CC1CCc2c(Oc3cc(F)ccc3F)cccc2N1C(=O)C1CC1. The summed E-state index contributed by atoms with van der Waals surface area (Å²) in [5.41, 5.74) is 1.70. The van der Waals surface area contributed by atoms with Crippen molar-refractivity contribution >= 4 is 11.6 Å². The summed E-state index contributed by atoms with van der Waals surface area (Å²) in [6.07, 6.45) is 3.44. The van der Waals surface area contributed by atoms with Crippen LogP contribution in [0.25, 0.3) is 0 Å². The van der Waals surface area contributed by atoms with Crippen LogP contribution in [0.3, 0.4) is 0 Å². The fourth-order valence-corrected chi connectivity index (χ4v) is 3.38. The van der Waals surface area contributed by atoms with Gasteiger partial charge < -0.3 is 9.64 Å². The molecule has 1 aliphatic heterocycles. The van der Waals surface area contributed by atoms with E-state index >= 15 is 0 Å². The number of halogens is 2. The lowest BCUT2D eigenvalue weighted by Gasteiger charge is -2.36. The van der Waals surface area contributed by atoms with Crippen LogP contribution in [0.5, 0.6) is 11.5 Å². The molecule has 0 spiro atoms. The number of ether oxygens (including phenoxy) is 1. The van der Waals surface area contributed by atoms with E-state index in [0.29, 0.717) is 5.75 Å². The molecule has 2 aliphatic rings. The van der Waals surface area contributed by atoms with Crippen molar-refractivity contribution in [2.75, 3.05) is 4.90 Å². The maximum absolute atomic E-state index is 13.9. The van der Waals surface area contributed by atoms with Gasteiger partial charge in [-0.05, 0) is 56.9 Å². The minimum Gasteiger partial charge on any atom is -0.454 e. The topological polar surface area (TPSA) is 29.5 Å². The number of fused-ring (bicyclic) bond motifs is 1. The van der Waals surface area contributed by atoms with Crippen LogP contribution in [0.4, 0.5) is 14.5 Å². The number of hydrogen-bond acceptors (Lipinski definition) is 2. The predicted molar refractivity (Wildman–Crippen MR) is 90.9 cm³/mol. The van der Waals surface area contributed by atoms with Gasteiger partial charge in [0.25, 0.3) is 0 Å². The highest BCUT2D eigenvalue weighted by Crippen LogP contribution is 2.42. The van der Waals surface area contributed by atoms with Gasteiger partial charge in [-0.2, -0.15) is 0 Å². The molecule has 1 aliphatic carbocycles. The molecule has 5 heteroatoms. The smallest absolute Gasteiger partial charge is 0.230 e. The Morgan fingerprint density at radius 2 is 1.92 bits per heavy atom. The fraction of sp³-hybridized carbons (Fsp3) is 0.350. The van der Waals surface area contributed by atoms with E-state index < -0.39 is 11.6 Å². The molecule has 4 rings (SSSR count). The Morgan fingerprint density at radius 3 is 2.68 bits per heavy atom. The molecular formula is C20H19F2NO2. The van der Waals surface area contributed by atoms with Gasteiger partial charge in [0, 0.05) is 23.6 Å². The maximum Gasteiger partial charge on any atom is 0.230 e. The molecule has 2 aromatic rings. The number of carbonyl (C=O) groups is 1. The number of nitrogens with zero attached hydrogens (tertiary/aromatic N) is 1. The lowest BCUT2D eigenvalue weighted by Crippen LogP contribution is -2.43. The van der Waals surface area contributed by atoms with Crippen molar-refractivity contribution in [2.24, 2.45) is 5.92 Å². The van der Waals surface area contributed by atoms with Crippen LogP contribution in [-0.2, 0) is 11.2 Å². The largest absolute Gasteiger partial charge is 0.454 e. The number of benzene rings is 2. The summed E-state index contributed by atoms with van der Waals surface area (Å²) >= 11 is 0. The number of anilines is 1. The van der Waals surface area contributed by atoms with Crippen LogP contribution < -0.4 is 9.64 Å². The summed E-state index contributed by atoms with van der Waals surface area (Å²) in [6.45, 7) is 2.04. The summed E-state index contributed by atoms with van der Waals surface area (Å²) in [6, 6.07) is 8.69. The highest BCUT2D eigenvalue weighted by atomic mass is 19.1. The normalized spacial score (nSPS) is 19.5. The first-order valence-electron chi connectivity index (χ1n) is 8.62. The number of amides is 1. The van der Waals surface area contributed by atoms with Gasteiger partial charge in [-0.3, -0.25) is 4.79 Å². The van der Waals surface area contributed by atoms with Gasteiger partial charge in [0.15, 0.2) is 11.6 Å². The Morgan fingerprint density at radius 1 is 1.12 bits per heavy atom. The van der Waals surface area contributed by atoms with E-state index in [1.54, 1.807) is 12.1 Å². The van der Waals surface area contributed by atoms with E-state index in [0.717, 1.165) is 55.1 Å². The molecule has 1 fully saturated rings. The zero-order valence-corrected chi connectivity index (χ0v) is 14.0. The van der Waals surface area contributed by atoms with Crippen molar-refractivity contribution in [3.05, 3.63) is 53.6 Å². The van der Waals surface area contributed by atoms with Crippen molar-refractivity contribution in [2.45, 2.75) is 38.6 Å². The molecule has 1 amide bonds. The van der Waals surface area contributed by atoms with E-state index in [9.17, 15) is 13.6 Å². The number of rotatable bonds is 3. The van der Waals surface area contributed by atoms with Crippen LogP contribution in [0, 0.1) is 17.6 Å². The fourth-order valence-electron chi connectivity index (χ4n) is 3.38. The highest BCUT2D eigenvalue weighted by Gasteiger charge is 2.38. The minimum absolute atomic E-state index is 0.124. The quantitative estimate of drug-likeness (QED) is 0.798. The van der Waals surface area contributed by atoms with Crippen molar-refractivity contribution in [1.29, 1.82) is 0 Å². The van der Waals surface area contributed by atoms with Crippen molar-refractivity contribution in [3.8, 4) is 11.5 Å². The van der Waals surface area contributed by atoms with E-state index in [1.165, 1.54) is 0 Å². The zero-order chi connectivity index (χ0) is 17.6. The first kappa shape index (κ1) is 16.1. The van der Waals surface area contributed by atoms with Gasteiger partial charge in [0.2, 0.25) is 5.91 Å². The Kier molecular flexibility index (Phi) is 3.94. The van der Waals surface area contributed by atoms with Gasteiger partial charge in [-0.25, -0.2) is 8.78 Å². The van der Waals surface area contributed by atoms with Crippen molar-refractivity contribution in [3.63, 3.8) is 0 Å². The van der Waals surface area contributed by atoms with Crippen molar-refractivity contribution in [1.82, 2.24) is 0 Å². The van der Waals surface area contributed by atoms with E-state index in [1.807, 2.05) is 17.9 Å². The zero-order valence-electron chi connectivity index (χ0n) is 14.0. The molecule has 3 nitrogen and oxygen atoms in total. The molecule has 130 valence electrons. The van der Waals surface area contributed by atoms with Gasteiger partial charge in [0.05, 0.1) is 5.69 Å². The maximum atomic E-state index is 13.9. The molecule has 0 radical (unpaired) electrons. The Balaban J connectivity index is 1.71. The average Bonchev–Trinajstić information content (AvgIpc) is 3.43. The van der Waals surface area contributed by atoms with Gasteiger partial charge in [0.1, 0.15) is 11.6 Å². The summed E-state index contributed by atoms with van der Waals surface area (Å²) in [4.78, 5) is 14.5. The summed E-state index contributed by atoms with van der Waals surface area (Å²) in [5.74, 6) is -0.565. The summed E-state index contributed by atoms with van der Waals surface area (Å²) in [5, 5.41) is 0. The Hall–Kier alpha value is -2.43. The standard InChI is InChI=1S/C20H19F2NO2/c1-12-5-9-15-17(23(12)20(24)13-6-7-13)3-2-4-18(15)25-19-11-14(21)8-10-16(19)22/h2-4,8,10-13H,5-7,9H2,1H3. The third-order valence-electron chi connectivity index (χ3n) is 4.90. The van der Waals surface area contributed by atoms with Crippen LogP contribution in [0.2, 0.25) is 0 Å². The van der Waals surface area contributed by atoms with E-state index in [4.69, 9.17) is 4.74 Å². The summed E-state index contributed by atoms with van der Waals surface area (Å²) < 4.78 is 33.0. The molecule has 1 saturated carbocycles. The van der Waals surface area contributed by atoms with Gasteiger partial charge in [-0.1, -0.05) is 6.07 Å². The van der Waals surface area contributed by atoms with Crippen LogP contribution in [-0.4, -0.2) is 11.9 Å². The first-order valence-corrected chi connectivity index (χ1v) is 8.62. The van der Waals surface area contributed by atoms with Crippen LogP contribution >= 0.6 is 0 Å². The second-order valence-electron chi connectivity index (χ2n) is 6.80. The van der Waals surface area contributed by atoms with Crippen LogP contribution in [0.1, 0.15) is 31.7 Å². The third kappa shape index (κ3) is 2.99. The molecule has 0 aromatic heterocycles. The highest BCUT2D eigenvalue weighted by molar-refractivity contribution is 5.98. The van der Waals surface area contributed by atoms with Crippen molar-refractivity contribution < 1.29 is 18.3 Å². The molecule has 0 saturated heterocycles. The van der Waals surface area contributed by atoms with Gasteiger partial charge >= 0.3 is 0 Å². The number of hydrogen-bond donors (Lipinski definition) is 0. The third-order valence-corrected chi connectivity index (χ3v) is 4.90. The molecule has 1 unspecified atom stereocenters. The lowest BCUT2D eigenvalue weighted by molar-refractivity contribution is -0.120. The van der Waals surface area contributed by atoms with Gasteiger partial charge in [-0.15, -0.1) is 0 Å². The van der Waals surface area contributed by atoms with Crippen LogP contribution in [0.15, 0.2) is 36.4 Å². The lowest BCUT2D eigenvalue weighted by atomic mass is 9.95. The molecule has 25 heavy (non-hydrogen) atoms. The Labute approximate surface area is 145 Å². The number of carbonyl (C=O) groups excluding carboxylic acids is 1. The minimum atomic E-state index is -0.617. The monoisotopic (exact) mass is 343 g/mol. The molecule has 1 heterocycles. The Bertz CT molecular complexity index is 832. The molecule has 2 aromatic carbocycles. The summed E-state index contributed by atoms with van der Waals surface area (Å²) in [7, 11) is 0.